The van der Waals surface area contributed by atoms with Crippen molar-refractivity contribution in [3.8, 4) is 11.5 Å². The minimum Gasteiger partial charge on any atom is -0.457 e. The lowest BCUT2D eigenvalue weighted by atomic mass is 10.1. The normalized spacial score (nSPS) is 10.2. The minimum absolute atomic E-state index is 0.255. The summed E-state index contributed by atoms with van der Waals surface area (Å²) in [6.45, 7) is 3.52. The largest absolute Gasteiger partial charge is 0.457 e. The summed E-state index contributed by atoms with van der Waals surface area (Å²) in [7, 11) is 0. The van der Waals surface area contributed by atoms with Crippen molar-refractivity contribution in [1.29, 1.82) is 0 Å². The maximum absolute atomic E-state index is 13.1. The third-order valence-electron chi connectivity index (χ3n) is 2.73. The molecule has 2 aromatic carbocycles. The highest BCUT2D eigenvalue weighted by molar-refractivity contribution is 5.77. The number of ether oxygens (including phenoxy) is 1. The van der Waals surface area contributed by atoms with Gasteiger partial charge in [-0.05, 0) is 61.4 Å². The molecule has 2 aromatic rings. The van der Waals surface area contributed by atoms with Crippen LogP contribution >= 0.6 is 0 Å². The number of carbonyl (C=O) groups is 1. The second-order valence-corrected chi connectivity index (χ2v) is 4.15. The second-order valence-electron chi connectivity index (χ2n) is 4.15. The van der Waals surface area contributed by atoms with Gasteiger partial charge in [-0.25, -0.2) is 4.39 Å². The van der Waals surface area contributed by atoms with Gasteiger partial charge in [0.25, 0.3) is 0 Å². The smallest absolute Gasteiger partial charge is 0.150 e. The van der Waals surface area contributed by atoms with Crippen LogP contribution in [0.4, 0.5) is 4.39 Å². The molecular weight excluding hydrogens is 231 g/mol. The average Bonchev–Trinajstić information content (AvgIpc) is 2.34. The summed E-state index contributed by atoms with van der Waals surface area (Å²) < 4.78 is 18.7. The summed E-state index contributed by atoms with van der Waals surface area (Å²) >= 11 is 0. The Morgan fingerprint density at radius 2 is 1.61 bits per heavy atom. The molecule has 92 valence electrons. The van der Waals surface area contributed by atoms with Crippen molar-refractivity contribution < 1.29 is 13.9 Å². The molecule has 0 aliphatic rings. The van der Waals surface area contributed by atoms with E-state index in [-0.39, 0.29) is 5.82 Å². The van der Waals surface area contributed by atoms with E-state index >= 15 is 0 Å². The van der Waals surface area contributed by atoms with Crippen LogP contribution in [0.5, 0.6) is 11.5 Å². The summed E-state index contributed by atoms with van der Waals surface area (Å²) in [6.07, 6.45) is 0.807. The Bertz CT molecular complexity index is 591. The number of hydrogen-bond donors (Lipinski definition) is 0. The predicted octanol–water partition coefficient (Wildman–Crippen LogP) is 4.05. The van der Waals surface area contributed by atoms with Crippen LogP contribution in [-0.4, -0.2) is 6.29 Å². The van der Waals surface area contributed by atoms with Gasteiger partial charge in [-0.3, -0.25) is 4.79 Å². The molecule has 0 amide bonds. The topological polar surface area (TPSA) is 26.3 Å². The van der Waals surface area contributed by atoms with Crippen LogP contribution in [0, 0.1) is 19.7 Å². The van der Waals surface area contributed by atoms with E-state index in [1.165, 1.54) is 6.07 Å². The molecule has 2 nitrogen and oxygen atoms in total. The fourth-order valence-electron chi connectivity index (χ4n) is 1.66. The zero-order chi connectivity index (χ0) is 13.1. The lowest BCUT2D eigenvalue weighted by Gasteiger charge is -2.08. The number of hydrogen-bond acceptors (Lipinski definition) is 2. The van der Waals surface area contributed by atoms with Crippen LogP contribution in [0.15, 0.2) is 36.4 Å². The van der Waals surface area contributed by atoms with Crippen LogP contribution in [0.25, 0.3) is 0 Å². The molecule has 0 atom stereocenters. The van der Waals surface area contributed by atoms with Crippen molar-refractivity contribution in [2.24, 2.45) is 0 Å². The zero-order valence-electron chi connectivity index (χ0n) is 10.2. The lowest BCUT2D eigenvalue weighted by Crippen LogP contribution is -1.90. The third kappa shape index (κ3) is 2.56. The molecule has 3 heteroatoms. The quantitative estimate of drug-likeness (QED) is 0.761. The maximum Gasteiger partial charge on any atom is 0.150 e. The Balaban J connectivity index is 2.25. The Morgan fingerprint density at radius 1 is 1.00 bits per heavy atom. The molecule has 18 heavy (non-hydrogen) atoms. The van der Waals surface area contributed by atoms with Crippen molar-refractivity contribution in [3.63, 3.8) is 0 Å². The second kappa shape index (κ2) is 5.00. The molecule has 0 spiro atoms. The highest BCUT2D eigenvalue weighted by Gasteiger charge is 2.03. The van der Waals surface area contributed by atoms with Crippen molar-refractivity contribution >= 4 is 6.29 Å². The third-order valence-corrected chi connectivity index (χ3v) is 2.73. The molecule has 0 N–H and O–H groups in total. The van der Waals surface area contributed by atoms with E-state index in [1.807, 2.05) is 6.92 Å². The predicted molar refractivity (Wildman–Crippen MR) is 67.8 cm³/mol. The highest BCUT2D eigenvalue weighted by atomic mass is 19.1. The first-order chi connectivity index (χ1) is 8.60. The number of aryl methyl sites for hydroxylation is 2. The van der Waals surface area contributed by atoms with Gasteiger partial charge in [0.2, 0.25) is 0 Å². The van der Waals surface area contributed by atoms with Crippen LogP contribution in [0.1, 0.15) is 21.5 Å². The monoisotopic (exact) mass is 244 g/mol. The Hall–Kier alpha value is -2.16. The van der Waals surface area contributed by atoms with Gasteiger partial charge in [0, 0.05) is 5.56 Å². The van der Waals surface area contributed by atoms with Gasteiger partial charge in [0.05, 0.1) is 0 Å². The molecule has 0 aromatic heterocycles. The summed E-state index contributed by atoms with van der Waals surface area (Å²) in [4.78, 5) is 10.7. The molecule has 0 aliphatic carbocycles. The number of aldehydes is 1. The van der Waals surface area contributed by atoms with Crippen molar-refractivity contribution in [3.05, 3.63) is 58.9 Å². The molecule has 0 radical (unpaired) electrons. The first-order valence-electron chi connectivity index (χ1n) is 5.60. The SMILES string of the molecule is Cc1cc(Oc2ccc(C=O)c(C)c2)ccc1F. The highest BCUT2D eigenvalue weighted by Crippen LogP contribution is 2.24. The zero-order valence-corrected chi connectivity index (χ0v) is 10.2. The number of rotatable bonds is 3. The van der Waals surface area contributed by atoms with E-state index in [9.17, 15) is 9.18 Å². The van der Waals surface area contributed by atoms with E-state index in [2.05, 4.69) is 0 Å². The Labute approximate surface area is 105 Å². The molecule has 2 rings (SSSR count). The number of carbonyl (C=O) groups excluding carboxylic acids is 1. The molecule has 0 heterocycles. The lowest BCUT2D eigenvalue weighted by molar-refractivity contribution is 0.112. The van der Waals surface area contributed by atoms with Gasteiger partial charge in [-0.15, -0.1) is 0 Å². The summed E-state index contributed by atoms with van der Waals surface area (Å²) in [5, 5.41) is 0. The van der Waals surface area contributed by atoms with Crippen LogP contribution < -0.4 is 4.74 Å². The summed E-state index contributed by atoms with van der Waals surface area (Å²) in [5.74, 6) is 0.950. The van der Waals surface area contributed by atoms with E-state index in [0.29, 0.717) is 22.6 Å². The van der Waals surface area contributed by atoms with Gasteiger partial charge in [0.1, 0.15) is 23.6 Å². The summed E-state index contributed by atoms with van der Waals surface area (Å²) in [5.41, 5.74) is 2.02. The van der Waals surface area contributed by atoms with E-state index < -0.39 is 0 Å². The standard InChI is InChI=1S/C15H13FO2/c1-10-7-13(4-3-12(10)9-17)18-14-5-6-15(16)11(2)8-14/h3-9H,1-2H3. The van der Waals surface area contributed by atoms with Gasteiger partial charge >= 0.3 is 0 Å². The van der Waals surface area contributed by atoms with Gasteiger partial charge in [-0.2, -0.15) is 0 Å². The van der Waals surface area contributed by atoms with Crippen LogP contribution in [-0.2, 0) is 0 Å². The molecule has 0 bridgehead atoms. The van der Waals surface area contributed by atoms with Gasteiger partial charge in [-0.1, -0.05) is 0 Å². The fourth-order valence-corrected chi connectivity index (χ4v) is 1.66. The van der Waals surface area contributed by atoms with Crippen molar-refractivity contribution in [1.82, 2.24) is 0 Å². The van der Waals surface area contributed by atoms with Crippen molar-refractivity contribution in [2.75, 3.05) is 0 Å². The van der Waals surface area contributed by atoms with Gasteiger partial charge in [0.15, 0.2) is 0 Å². The average molecular weight is 244 g/mol. The molecule has 0 fully saturated rings. The van der Waals surface area contributed by atoms with E-state index in [1.54, 1.807) is 37.3 Å². The van der Waals surface area contributed by atoms with E-state index in [4.69, 9.17) is 4.74 Å². The van der Waals surface area contributed by atoms with Gasteiger partial charge < -0.3 is 4.74 Å². The number of halogens is 1. The summed E-state index contributed by atoms with van der Waals surface area (Å²) in [6, 6.07) is 9.78. The molecular formula is C15H13FO2. The minimum atomic E-state index is -0.255. The van der Waals surface area contributed by atoms with Crippen LogP contribution in [0.3, 0.4) is 0 Å². The molecule has 0 unspecified atom stereocenters. The van der Waals surface area contributed by atoms with E-state index in [0.717, 1.165) is 11.8 Å². The first-order valence-corrected chi connectivity index (χ1v) is 5.60. The molecule has 0 aliphatic heterocycles. The Kier molecular flexibility index (Phi) is 3.42. The maximum atomic E-state index is 13.1. The number of benzene rings is 2. The van der Waals surface area contributed by atoms with Crippen LogP contribution in [0.2, 0.25) is 0 Å². The fraction of sp³-hybridized carbons (Fsp3) is 0.133. The Morgan fingerprint density at radius 3 is 2.17 bits per heavy atom. The first kappa shape index (κ1) is 12.3. The molecule has 0 saturated heterocycles. The van der Waals surface area contributed by atoms with Crippen molar-refractivity contribution in [2.45, 2.75) is 13.8 Å². The molecule has 0 saturated carbocycles.